The minimum absolute atomic E-state index is 0.0801. The quantitative estimate of drug-likeness (QED) is 0.343. The zero-order chi connectivity index (χ0) is 25.8. The van der Waals surface area contributed by atoms with Gasteiger partial charge in [-0.3, -0.25) is 4.79 Å². The fraction of sp³-hybridized carbons (Fsp3) is 0.364. The lowest BCUT2D eigenvalue weighted by Crippen LogP contribution is -2.34. The highest BCUT2D eigenvalue weighted by Gasteiger charge is 2.56. The zero-order valence-corrected chi connectivity index (χ0v) is 19.1. The van der Waals surface area contributed by atoms with E-state index >= 15 is 0 Å². The first-order valence-corrected chi connectivity index (χ1v) is 10.6. The fourth-order valence-electron chi connectivity index (χ4n) is 3.31. The molecule has 186 valence electrons. The number of alkyl halides is 5. The molecule has 1 amide bonds. The number of benzene rings is 2. The Morgan fingerprint density at radius 2 is 1.65 bits per heavy atom. The van der Waals surface area contributed by atoms with E-state index in [2.05, 4.69) is 5.32 Å². The monoisotopic (exact) mass is 527 g/mol. The van der Waals surface area contributed by atoms with E-state index in [9.17, 15) is 26.7 Å². The summed E-state index contributed by atoms with van der Waals surface area (Å²) in [6.07, 6.45) is -6.57. The number of carbonyl (C=O) groups is 2. The molecular weight excluding hydrogens is 508 g/mol. The van der Waals surface area contributed by atoms with E-state index in [1.54, 1.807) is 6.07 Å². The highest BCUT2D eigenvalue weighted by Crippen LogP contribution is 2.50. The van der Waals surface area contributed by atoms with Crippen molar-refractivity contribution >= 4 is 41.0 Å². The number of carbonyl (C=O) groups excluding carboxylic acids is 1. The normalized spacial score (nSPS) is 18.2. The van der Waals surface area contributed by atoms with Gasteiger partial charge in [-0.2, -0.15) is 13.2 Å². The molecule has 12 heteroatoms. The molecule has 0 aromatic heterocycles. The van der Waals surface area contributed by atoms with Crippen LogP contribution in [0.25, 0.3) is 0 Å². The van der Waals surface area contributed by atoms with Gasteiger partial charge in [-0.15, -0.1) is 0 Å². The molecule has 34 heavy (non-hydrogen) atoms. The molecular formula is C22H20Cl2F5NO4. The minimum atomic E-state index is -4.62. The van der Waals surface area contributed by atoms with Gasteiger partial charge in [0.05, 0.1) is 22.5 Å². The van der Waals surface area contributed by atoms with Crippen LogP contribution in [0.4, 0.5) is 32.4 Å². The number of hydrogen-bond donors (Lipinski definition) is 3. The van der Waals surface area contributed by atoms with E-state index in [0.717, 1.165) is 6.92 Å². The second-order valence-electron chi connectivity index (χ2n) is 7.81. The molecule has 1 saturated carbocycles. The van der Waals surface area contributed by atoms with Gasteiger partial charge in [-0.25, -0.2) is 13.6 Å². The average molecular weight is 528 g/mol. The Morgan fingerprint density at radius 3 is 2.12 bits per heavy atom. The smallest absolute Gasteiger partial charge is 0.450 e. The summed E-state index contributed by atoms with van der Waals surface area (Å²) in [6, 6.07) is 9.95. The lowest BCUT2D eigenvalue weighted by molar-refractivity contribution is -0.178. The molecule has 1 aliphatic rings. The van der Waals surface area contributed by atoms with E-state index in [1.807, 2.05) is 0 Å². The summed E-state index contributed by atoms with van der Waals surface area (Å²) < 4.78 is 66.6. The van der Waals surface area contributed by atoms with Crippen LogP contribution in [-0.2, 0) is 11.2 Å². The van der Waals surface area contributed by atoms with Crippen molar-refractivity contribution in [3.8, 4) is 0 Å². The topological polar surface area (TPSA) is 86.6 Å². The van der Waals surface area contributed by atoms with Crippen molar-refractivity contribution in [1.82, 2.24) is 0 Å². The second-order valence-corrected chi connectivity index (χ2v) is 8.66. The van der Waals surface area contributed by atoms with Crippen molar-refractivity contribution in [2.45, 2.75) is 37.8 Å². The molecule has 1 unspecified atom stereocenters. The summed E-state index contributed by atoms with van der Waals surface area (Å²) in [5.74, 6) is -7.92. The summed E-state index contributed by atoms with van der Waals surface area (Å²) in [6.45, 7) is 0.923. The number of amides is 1. The third kappa shape index (κ3) is 7.73. The standard InChI is InChI=1S/C21H18Cl2F5NO.CH2O3/c1-11(21(26,27)28)18(13-3-5-15(22)6-4-13)19(30)29-17-9-12(2-7-16(17)23)8-14-10-20(14,24)25;2-1(3)4/h2-7,9,11,14,18H,8,10H2,1H3,(H,29,30);(H2,2,3,4)/t11-,14?,18+;/m1./s1. The molecule has 0 heterocycles. The van der Waals surface area contributed by atoms with Crippen LogP contribution in [0.1, 0.15) is 30.4 Å². The third-order valence-electron chi connectivity index (χ3n) is 5.25. The van der Waals surface area contributed by atoms with Gasteiger partial charge in [0.25, 0.3) is 5.92 Å². The van der Waals surface area contributed by atoms with Gasteiger partial charge >= 0.3 is 12.3 Å². The predicted octanol–water partition coefficient (Wildman–Crippen LogP) is 7.33. The summed E-state index contributed by atoms with van der Waals surface area (Å²) in [4.78, 5) is 21.4. The first-order chi connectivity index (χ1) is 15.6. The maximum Gasteiger partial charge on any atom is 0.503 e. The summed E-state index contributed by atoms with van der Waals surface area (Å²) in [5, 5.41) is 16.8. The largest absolute Gasteiger partial charge is 0.503 e. The van der Waals surface area contributed by atoms with Crippen LogP contribution < -0.4 is 5.32 Å². The van der Waals surface area contributed by atoms with E-state index in [-0.39, 0.29) is 29.1 Å². The Kier molecular flexibility index (Phi) is 8.76. The number of anilines is 1. The Balaban J connectivity index is 0.000000945. The molecule has 2 aromatic carbocycles. The Morgan fingerprint density at radius 1 is 1.12 bits per heavy atom. The van der Waals surface area contributed by atoms with Gasteiger partial charge in [0.1, 0.15) is 0 Å². The maximum absolute atomic E-state index is 13.4. The lowest BCUT2D eigenvalue weighted by Gasteiger charge is -2.26. The molecule has 0 bridgehead atoms. The molecule has 0 spiro atoms. The third-order valence-corrected chi connectivity index (χ3v) is 5.84. The summed E-state index contributed by atoms with van der Waals surface area (Å²) in [7, 11) is 0. The van der Waals surface area contributed by atoms with Gasteiger partial charge < -0.3 is 15.5 Å². The van der Waals surface area contributed by atoms with Crippen LogP contribution >= 0.6 is 23.2 Å². The van der Waals surface area contributed by atoms with Crippen LogP contribution in [0.15, 0.2) is 42.5 Å². The van der Waals surface area contributed by atoms with Gasteiger partial charge in [-0.1, -0.05) is 48.3 Å². The van der Waals surface area contributed by atoms with E-state index < -0.39 is 41.9 Å². The predicted molar refractivity (Wildman–Crippen MR) is 117 cm³/mol. The van der Waals surface area contributed by atoms with Crippen LogP contribution in [0, 0.1) is 11.8 Å². The van der Waals surface area contributed by atoms with Crippen LogP contribution in [0.2, 0.25) is 10.0 Å². The lowest BCUT2D eigenvalue weighted by atomic mass is 9.86. The first-order valence-electron chi connectivity index (χ1n) is 9.83. The summed E-state index contributed by atoms with van der Waals surface area (Å²) >= 11 is 11.9. The number of rotatable bonds is 6. The van der Waals surface area contributed by atoms with Gasteiger partial charge in [0, 0.05) is 17.4 Å². The highest BCUT2D eigenvalue weighted by atomic mass is 35.5. The van der Waals surface area contributed by atoms with E-state index in [4.69, 9.17) is 38.2 Å². The van der Waals surface area contributed by atoms with Crippen molar-refractivity contribution in [3.05, 3.63) is 63.6 Å². The number of halogens is 7. The van der Waals surface area contributed by atoms with Crippen LogP contribution in [-0.4, -0.2) is 34.4 Å². The molecule has 3 rings (SSSR count). The fourth-order valence-corrected chi connectivity index (χ4v) is 3.60. The van der Waals surface area contributed by atoms with Crippen molar-refractivity contribution < 1.29 is 41.8 Å². The van der Waals surface area contributed by atoms with Crippen molar-refractivity contribution in [2.75, 3.05) is 5.32 Å². The zero-order valence-electron chi connectivity index (χ0n) is 17.5. The van der Waals surface area contributed by atoms with Crippen LogP contribution in [0.5, 0.6) is 0 Å². The molecule has 0 saturated heterocycles. The van der Waals surface area contributed by atoms with E-state index in [0.29, 0.717) is 10.6 Å². The number of nitrogens with one attached hydrogen (secondary N) is 1. The molecule has 2 aromatic rings. The number of carboxylic acid groups (broad SMARTS) is 2. The van der Waals surface area contributed by atoms with Crippen molar-refractivity contribution in [1.29, 1.82) is 0 Å². The van der Waals surface area contributed by atoms with Gasteiger partial charge in [0.15, 0.2) is 0 Å². The average Bonchev–Trinajstić information content (AvgIpc) is 3.30. The second kappa shape index (κ2) is 10.8. The van der Waals surface area contributed by atoms with Crippen LogP contribution in [0.3, 0.4) is 0 Å². The molecule has 3 atom stereocenters. The molecule has 1 fully saturated rings. The first kappa shape index (κ1) is 27.7. The Bertz CT molecular complexity index is 1030. The van der Waals surface area contributed by atoms with Gasteiger partial charge in [-0.05, 0) is 41.8 Å². The van der Waals surface area contributed by atoms with Crippen molar-refractivity contribution in [3.63, 3.8) is 0 Å². The van der Waals surface area contributed by atoms with E-state index in [1.165, 1.54) is 36.4 Å². The molecule has 0 aliphatic heterocycles. The molecule has 5 nitrogen and oxygen atoms in total. The SMILES string of the molecule is C[C@H]([C@H](C(=O)Nc1cc(CC2CC2(F)F)ccc1Cl)c1ccc(Cl)cc1)C(F)(F)F.O=C(O)O. The molecule has 3 N–H and O–H groups in total. The molecule has 0 radical (unpaired) electrons. The van der Waals surface area contributed by atoms with Gasteiger partial charge in [0.2, 0.25) is 5.91 Å². The molecule has 1 aliphatic carbocycles. The number of hydrogen-bond acceptors (Lipinski definition) is 2. The Hall–Kier alpha value is -2.59. The summed E-state index contributed by atoms with van der Waals surface area (Å²) in [5.41, 5.74) is 0.742. The maximum atomic E-state index is 13.4. The highest BCUT2D eigenvalue weighted by molar-refractivity contribution is 6.33. The Labute approximate surface area is 201 Å². The minimum Gasteiger partial charge on any atom is -0.450 e. The van der Waals surface area contributed by atoms with Crippen molar-refractivity contribution in [2.24, 2.45) is 11.8 Å².